The second kappa shape index (κ2) is 7.87. The molecule has 2 heterocycles. The fourth-order valence-corrected chi connectivity index (χ4v) is 3.00. The predicted octanol–water partition coefficient (Wildman–Crippen LogP) is 4.28. The lowest BCUT2D eigenvalue weighted by atomic mass is 10.1. The van der Waals surface area contributed by atoms with Crippen molar-refractivity contribution in [3.63, 3.8) is 0 Å². The van der Waals surface area contributed by atoms with E-state index < -0.39 is 18.0 Å². The molecule has 3 rings (SSSR count). The predicted molar refractivity (Wildman–Crippen MR) is 100 cm³/mol. The van der Waals surface area contributed by atoms with Crippen molar-refractivity contribution < 1.29 is 18.0 Å². The van der Waals surface area contributed by atoms with Crippen LogP contribution in [0, 0.1) is 13.8 Å². The van der Waals surface area contributed by atoms with E-state index in [-0.39, 0.29) is 24.3 Å². The molecular formula is C19H20F3N5O. The van der Waals surface area contributed by atoms with Crippen LogP contribution < -0.4 is 10.6 Å². The third kappa shape index (κ3) is 4.24. The van der Waals surface area contributed by atoms with Gasteiger partial charge in [0.25, 0.3) is 0 Å². The number of halogens is 3. The monoisotopic (exact) mass is 391 g/mol. The molecule has 2 aromatic heterocycles. The van der Waals surface area contributed by atoms with Gasteiger partial charge in [0.2, 0.25) is 5.82 Å². The summed E-state index contributed by atoms with van der Waals surface area (Å²) in [4.78, 5) is 19.7. The van der Waals surface area contributed by atoms with Gasteiger partial charge in [-0.2, -0.15) is 13.2 Å². The summed E-state index contributed by atoms with van der Waals surface area (Å²) < 4.78 is 40.8. The number of amides is 2. The number of rotatable bonds is 5. The van der Waals surface area contributed by atoms with Crippen molar-refractivity contribution in [1.29, 1.82) is 0 Å². The van der Waals surface area contributed by atoms with Crippen LogP contribution in [0.15, 0.2) is 36.5 Å². The first-order valence-electron chi connectivity index (χ1n) is 8.77. The Bertz CT molecular complexity index is 977. The van der Waals surface area contributed by atoms with E-state index in [2.05, 4.69) is 20.6 Å². The number of aromatic nitrogens is 3. The number of benzene rings is 1. The van der Waals surface area contributed by atoms with Gasteiger partial charge in [-0.3, -0.25) is 0 Å². The Morgan fingerprint density at radius 2 is 1.86 bits per heavy atom. The number of nitrogens with one attached hydrogen (secondary N) is 2. The van der Waals surface area contributed by atoms with Gasteiger partial charge in [0.1, 0.15) is 5.52 Å². The average Bonchev–Trinajstić information content (AvgIpc) is 3.01. The van der Waals surface area contributed by atoms with Crippen LogP contribution in [0.1, 0.15) is 23.4 Å². The molecule has 0 saturated heterocycles. The summed E-state index contributed by atoms with van der Waals surface area (Å²) in [5.41, 5.74) is 2.95. The van der Waals surface area contributed by atoms with E-state index in [0.717, 1.165) is 21.4 Å². The molecule has 0 radical (unpaired) electrons. The molecule has 0 aliphatic rings. The highest BCUT2D eigenvalue weighted by atomic mass is 19.4. The Hall–Kier alpha value is -3.10. The molecule has 0 aliphatic carbocycles. The van der Waals surface area contributed by atoms with E-state index >= 15 is 0 Å². The number of nitrogens with zero attached hydrogens (tertiary/aromatic N) is 3. The Balaban J connectivity index is 1.62. The molecule has 0 bridgehead atoms. The van der Waals surface area contributed by atoms with Gasteiger partial charge < -0.3 is 15.2 Å². The summed E-state index contributed by atoms with van der Waals surface area (Å²) in [6.07, 6.45) is -2.85. The van der Waals surface area contributed by atoms with Crippen molar-refractivity contribution in [2.75, 3.05) is 11.9 Å². The number of anilines is 1. The molecule has 0 fully saturated rings. The van der Waals surface area contributed by atoms with Crippen LogP contribution in [0.5, 0.6) is 0 Å². The molecule has 2 N–H and O–H groups in total. The van der Waals surface area contributed by atoms with Gasteiger partial charge in [-0.15, -0.1) is 0 Å². The van der Waals surface area contributed by atoms with Gasteiger partial charge in [0, 0.05) is 25.0 Å². The Kier molecular flexibility index (Phi) is 5.53. The average molecular weight is 391 g/mol. The van der Waals surface area contributed by atoms with Crippen molar-refractivity contribution in [2.45, 2.75) is 33.0 Å². The molecule has 0 atom stereocenters. The first-order valence-corrected chi connectivity index (χ1v) is 8.77. The van der Waals surface area contributed by atoms with Crippen molar-refractivity contribution in [2.24, 2.45) is 0 Å². The van der Waals surface area contributed by atoms with Gasteiger partial charge in [0.05, 0.1) is 0 Å². The molecule has 3 aromatic rings. The smallest absolute Gasteiger partial charge is 0.338 e. The number of urea groups is 1. The maximum Gasteiger partial charge on any atom is 0.449 e. The number of carbonyl (C=O) groups excluding carboxylic acids is 1. The molecule has 0 unspecified atom stereocenters. The molecule has 9 heteroatoms. The number of alkyl halides is 3. The number of hydrogen-bond donors (Lipinski definition) is 2. The summed E-state index contributed by atoms with van der Waals surface area (Å²) in [7, 11) is 0. The van der Waals surface area contributed by atoms with Gasteiger partial charge >= 0.3 is 12.2 Å². The van der Waals surface area contributed by atoms with Crippen LogP contribution >= 0.6 is 0 Å². The van der Waals surface area contributed by atoms with Gasteiger partial charge in [-0.05, 0) is 43.5 Å². The van der Waals surface area contributed by atoms with Gasteiger partial charge in [-0.1, -0.05) is 18.2 Å². The van der Waals surface area contributed by atoms with Crippen molar-refractivity contribution in [3.8, 4) is 0 Å². The first kappa shape index (κ1) is 19.7. The number of fused-ring (bicyclic) bond motifs is 1. The molecule has 2 amide bonds. The largest absolute Gasteiger partial charge is 0.449 e. The van der Waals surface area contributed by atoms with E-state index in [1.807, 2.05) is 32.0 Å². The normalized spacial score (nSPS) is 11.6. The minimum atomic E-state index is -4.58. The maximum absolute atomic E-state index is 13.3. The van der Waals surface area contributed by atoms with Crippen LogP contribution in [0.25, 0.3) is 11.2 Å². The Morgan fingerprint density at radius 1 is 1.14 bits per heavy atom. The summed E-state index contributed by atoms with van der Waals surface area (Å²) in [6.45, 7) is 4.02. The maximum atomic E-state index is 13.3. The van der Waals surface area contributed by atoms with E-state index in [9.17, 15) is 18.0 Å². The summed E-state index contributed by atoms with van der Waals surface area (Å²) >= 11 is 0. The number of imidazole rings is 1. The van der Waals surface area contributed by atoms with Crippen LogP contribution in [0.2, 0.25) is 0 Å². The van der Waals surface area contributed by atoms with E-state index in [1.54, 1.807) is 6.07 Å². The number of aryl methyl sites for hydroxylation is 3. The number of carbonyl (C=O) groups is 1. The molecule has 0 saturated carbocycles. The number of hydrogen-bond acceptors (Lipinski definition) is 3. The van der Waals surface area contributed by atoms with E-state index in [0.29, 0.717) is 6.42 Å². The van der Waals surface area contributed by atoms with Crippen LogP contribution in [0.4, 0.5) is 23.7 Å². The molecule has 0 spiro atoms. The lowest BCUT2D eigenvalue weighted by molar-refractivity contribution is -0.147. The highest BCUT2D eigenvalue weighted by Gasteiger charge is 2.37. The number of pyridine rings is 1. The third-order valence-corrected chi connectivity index (χ3v) is 4.32. The summed E-state index contributed by atoms with van der Waals surface area (Å²) in [5, 5.41) is 5.44. The molecule has 28 heavy (non-hydrogen) atoms. The highest BCUT2D eigenvalue weighted by Crippen LogP contribution is 2.30. The summed E-state index contributed by atoms with van der Waals surface area (Å²) in [6, 6.07) is 8.30. The quantitative estimate of drug-likeness (QED) is 0.638. The zero-order chi connectivity index (χ0) is 20.3. The molecule has 0 aliphatic heterocycles. The van der Waals surface area contributed by atoms with Crippen molar-refractivity contribution >= 4 is 22.9 Å². The van der Waals surface area contributed by atoms with Crippen LogP contribution in [-0.4, -0.2) is 27.1 Å². The van der Waals surface area contributed by atoms with Crippen LogP contribution in [-0.2, 0) is 12.7 Å². The molecular weight excluding hydrogens is 371 g/mol. The first-order chi connectivity index (χ1) is 13.3. The SMILES string of the molecule is Cc1cccc(C)c1NC(=O)NCCCn1c(C(F)(F)F)nc2cccnc21. The van der Waals surface area contributed by atoms with E-state index in [4.69, 9.17) is 0 Å². The molecule has 6 nitrogen and oxygen atoms in total. The standard InChI is InChI=1S/C19H20F3N5O/c1-12-6-3-7-13(2)15(12)26-18(28)24-10-5-11-27-16-14(8-4-9-23-16)25-17(27)19(20,21)22/h3-4,6-9H,5,10-11H2,1-2H3,(H2,24,26,28). The second-order valence-corrected chi connectivity index (χ2v) is 6.43. The fraction of sp³-hybridized carbons (Fsp3) is 0.316. The summed E-state index contributed by atoms with van der Waals surface area (Å²) in [5.74, 6) is -0.985. The lowest BCUT2D eigenvalue weighted by Crippen LogP contribution is -2.30. The zero-order valence-electron chi connectivity index (χ0n) is 15.5. The van der Waals surface area contributed by atoms with Crippen LogP contribution in [0.3, 0.4) is 0 Å². The minimum absolute atomic E-state index is 0.0338. The van der Waals surface area contributed by atoms with Crippen molar-refractivity contribution in [3.05, 3.63) is 53.5 Å². The van der Waals surface area contributed by atoms with Gasteiger partial charge in [-0.25, -0.2) is 14.8 Å². The lowest BCUT2D eigenvalue weighted by Gasteiger charge is -2.13. The number of para-hydroxylation sites is 1. The topological polar surface area (TPSA) is 71.8 Å². The molecule has 1 aromatic carbocycles. The third-order valence-electron chi connectivity index (χ3n) is 4.32. The minimum Gasteiger partial charge on any atom is -0.338 e. The highest BCUT2D eigenvalue weighted by molar-refractivity contribution is 5.90. The van der Waals surface area contributed by atoms with E-state index in [1.165, 1.54) is 12.3 Å². The Morgan fingerprint density at radius 3 is 2.54 bits per heavy atom. The molecule has 148 valence electrons. The fourth-order valence-electron chi connectivity index (χ4n) is 3.00. The second-order valence-electron chi connectivity index (χ2n) is 6.43. The zero-order valence-corrected chi connectivity index (χ0v) is 15.5. The Labute approximate surface area is 159 Å². The van der Waals surface area contributed by atoms with Gasteiger partial charge in [0.15, 0.2) is 5.65 Å². The van der Waals surface area contributed by atoms with Crippen molar-refractivity contribution in [1.82, 2.24) is 19.9 Å².